The van der Waals surface area contributed by atoms with Gasteiger partial charge in [-0.15, -0.1) is 11.8 Å². The SMILES string of the molecule is CCc1nc(C(=O)OC(C)CC)c(SCc2ccc(OC)cc2)n1CC1Oc2ccc(Cl)cc2O1. The molecule has 1 aliphatic heterocycles. The third-order valence-corrected chi connectivity index (χ3v) is 7.08. The van der Waals surface area contributed by atoms with E-state index >= 15 is 0 Å². The molecule has 0 aliphatic carbocycles. The summed E-state index contributed by atoms with van der Waals surface area (Å²) in [4.78, 5) is 17.7. The van der Waals surface area contributed by atoms with E-state index < -0.39 is 12.3 Å². The number of aromatic nitrogens is 2. The molecule has 9 heteroatoms. The Balaban J connectivity index is 1.62. The van der Waals surface area contributed by atoms with Crippen molar-refractivity contribution in [2.75, 3.05) is 7.11 Å². The van der Waals surface area contributed by atoms with Gasteiger partial charge < -0.3 is 23.5 Å². The maximum absolute atomic E-state index is 13.1. The van der Waals surface area contributed by atoms with Crippen molar-refractivity contribution in [3.63, 3.8) is 0 Å². The molecule has 186 valence electrons. The predicted molar refractivity (Wildman–Crippen MR) is 136 cm³/mol. The Labute approximate surface area is 214 Å². The smallest absolute Gasteiger partial charge is 0.360 e. The van der Waals surface area contributed by atoms with Crippen molar-refractivity contribution in [2.45, 2.75) is 63.3 Å². The van der Waals surface area contributed by atoms with Crippen LogP contribution in [0.5, 0.6) is 17.2 Å². The van der Waals surface area contributed by atoms with E-state index in [1.807, 2.05) is 49.6 Å². The first-order chi connectivity index (χ1) is 16.9. The van der Waals surface area contributed by atoms with Crippen molar-refractivity contribution in [3.8, 4) is 17.2 Å². The molecular formula is C26H29ClN2O5S. The molecule has 3 aromatic rings. The molecule has 4 rings (SSSR count). The summed E-state index contributed by atoms with van der Waals surface area (Å²) in [7, 11) is 1.64. The number of hydrogen-bond donors (Lipinski definition) is 0. The van der Waals surface area contributed by atoms with E-state index in [-0.39, 0.29) is 6.10 Å². The number of imidazole rings is 1. The van der Waals surface area contributed by atoms with E-state index in [0.717, 1.165) is 28.6 Å². The van der Waals surface area contributed by atoms with E-state index in [9.17, 15) is 4.79 Å². The number of rotatable bonds is 10. The van der Waals surface area contributed by atoms with Crippen molar-refractivity contribution in [1.29, 1.82) is 0 Å². The molecule has 0 saturated carbocycles. The zero-order valence-corrected chi connectivity index (χ0v) is 21.8. The maximum Gasteiger partial charge on any atom is 0.360 e. The Morgan fingerprint density at radius 3 is 2.60 bits per heavy atom. The highest BCUT2D eigenvalue weighted by Crippen LogP contribution is 2.38. The lowest BCUT2D eigenvalue weighted by Gasteiger charge is -2.16. The lowest BCUT2D eigenvalue weighted by molar-refractivity contribution is 0.0291. The van der Waals surface area contributed by atoms with Crippen molar-refractivity contribution < 1.29 is 23.7 Å². The van der Waals surface area contributed by atoms with E-state index in [0.29, 0.717) is 40.9 Å². The van der Waals surface area contributed by atoms with Crippen LogP contribution in [0, 0.1) is 0 Å². The van der Waals surface area contributed by atoms with Crippen molar-refractivity contribution >= 4 is 29.3 Å². The van der Waals surface area contributed by atoms with Crippen molar-refractivity contribution in [2.24, 2.45) is 0 Å². The number of thioether (sulfide) groups is 1. The summed E-state index contributed by atoms with van der Waals surface area (Å²) >= 11 is 7.64. The highest BCUT2D eigenvalue weighted by atomic mass is 35.5. The van der Waals surface area contributed by atoms with E-state index in [2.05, 4.69) is 4.98 Å². The molecule has 2 heterocycles. The normalized spacial score (nSPS) is 15.2. The standard InChI is InChI=1S/C26H29ClN2O5S/c1-5-16(3)32-26(30)24-25(35-15-17-7-10-19(31-4)11-8-17)29(22(6-2)28-24)14-23-33-20-12-9-18(27)13-21(20)34-23/h7-13,16,23H,5-6,14-15H2,1-4H3. The van der Waals surface area contributed by atoms with E-state index in [1.54, 1.807) is 25.3 Å². The number of hydrogen-bond acceptors (Lipinski definition) is 7. The number of aryl methyl sites for hydroxylation is 1. The van der Waals surface area contributed by atoms with Crippen LogP contribution in [0.25, 0.3) is 0 Å². The van der Waals surface area contributed by atoms with Gasteiger partial charge in [0.1, 0.15) is 16.6 Å². The van der Waals surface area contributed by atoms with Crippen LogP contribution < -0.4 is 14.2 Å². The van der Waals surface area contributed by atoms with Gasteiger partial charge in [0, 0.05) is 23.3 Å². The van der Waals surface area contributed by atoms with Gasteiger partial charge in [0.25, 0.3) is 6.29 Å². The third kappa shape index (κ3) is 5.87. The topological polar surface area (TPSA) is 71.8 Å². The molecule has 2 atom stereocenters. The molecular weight excluding hydrogens is 488 g/mol. The summed E-state index contributed by atoms with van der Waals surface area (Å²) in [6.07, 6.45) is 0.601. The van der Waals surface area contributed by atoms with Gasteiger partial charge >= 0.3 is 5.97 Å². The Morgan fingerprint density at radius 1 is 1.17 bits per heavy atom. The molecule has 2 unspecified atom stereocenters. The number of fused-ring (bicyclic) bond motifs is 1. The molecule has 0 fully saturated rings. The number of esters is 1. The summed E-state index contributed by atoms with van der Waals surface area (Å²) in [5.74, 6) is 3.02. The minimum atomic E-state index is -0.568. The van der Waals surface area contributed by atoms with Gasteiger partial charge in [0.05, 0.1) is 19.8 Å². The fourth-order valence-electron chi connectivity index (χ4n) is 3.62. The van der Waals surface area contributed by atoms with Crippen molar-refractivity contribution in [3.05, 3.63) is 64.6 Å². The minimum Gasteiger partial charge on any atom is -0.497 e. The van der Waals surface area contributed by atoms with Crippen molar-refractivity contribution in [1.82, 2.24) is 9.55 Å². The second-order valence-corrected chi connectivity index (χ2v) is 9.56. The first-order valence-corrected chi connectivity index (χ1v) is 13.0. The Kier molecular flexibility index (Phi) is 8.13. The van der Waals surface area contributed by atoms with E-state index in [1.165, 1.54) is 11.8 Å². The number of nitrogens with zero attached hydrogens (tertiary/aromatic N) is 2. The summed E-state index contributed by atoms with van der Waals surface area (Å²) in [6.45, 7) is 6.23. The molecule has 35 heavy (non-hydrogen) atoms. The maximum atomic E-state index is 13.1. The van der Waals surface area contributed by atoms with Crippen LogP contribution in [-0.4, -0.2) is 35.0 Å². The fraction of sp³-hybridized carbons (Fsp3) is 0.385. The van der Waals surface area contributed by atoms with Crippen LogP contribution >= 0.6 is 23.4 Å². The van der Waals surface area contributed by atoms with Gasteiger partial charge in [-0.05, 0) is 43.2 Å². The Hall–Kier alpha value is -2.84. The number of ether oxygens (including phenoxy) is 4. The first kappa shape index (κ1) is 25.3. The lowest BCUT2D eigenvalue weighted by Crippen LogP contribution is -2.26. The molecule has 2 aromatic carbocycles. The molecule has 7 nitrogen and oxygen atoms in total. The van der Waals surface area contributed by atoms with E-state index in [4.69, 9.17) is 30.5 Å². The summed E-state index contributed by atoms with van der Waals surface area (Å²) in [5.41, 5.74) is 1.41. The lowest BCUT2D eigenvalue weighted by atomic mass is 10.2. The van der Waals surface area contributed by atoms with Crippen LogP contribution in [0.4, 0.5) is 0 Å². The zero-order valence-electron chi connectivity index (χ0n) is 20.2. The average molecular weight is 517 g/mol. The van der Waals surface area contributed by atoms with Gasteiger partial charge in [-0.1, -0.05) is 37.6 Å². The second kappa shape index (κ2) is 11.3. The van der Waals surface area contributed by atoms with Crippen LogP contribution in [0.2, 0.25) is 5.02 Å². The fourth-order valence-corrected chi connectivity index (χ4v) is 4.88. The first-order valence-electron chi connectivity index (χ1n) is 11.6. The Morgan fingerprint density at radius 2 is 1.91 bits per heavy atom. The molecule has 0 radical (unpaired) electrons. The average Bonchev–Trinajstić information content (AvgIpc) is 3.43. The zero-order chi connectivity index (χ0) is 24.9. The number of benzene rings is 2. The van der Waals surface area contributed by atoms with Gasteiger partial charge in [-0.2, -0.15) is 0 Å². The van der Waals surface area contributed by atoms with Crippen LogP contribution in [-0.2, 0) is 23.5 Å². The van der Waals surface area contributed by atoms with Gasteiger partial charge in [-0.3, -0.25) is 0 Å². The molecule has 0 spiro atoms. The number of carbonyl (C=O) groups is 1. The third-order valence-electron chi connectivity index (χ3n) is 5.68. The summed E-state index contributed by atoms with van der Waals surface area (Å²) in [5, 5.41) is 1.31. The highest BCUT2D eigenvalue weighted by molar-refractivity contribution is 7.98. The Bertz CT molecular complexity index is 1180. The molecule has 0 N–H and O–H groups in total. The number of methoxy groups -OCH3 is 1. The molecule has 0 saturated heterocycles. The highest BCUT2D eigenvalue weighted by Gasteiger charge is 2.30. The summed E-state index contributed by atoms with van der Waals surface area (Å²) in [6, 6.07) is 13.2. The summed E-state index contributed by atoms with van der Waals surface area (Å²) < 4.78 is 24.9. The quantitative estimate of drug-likeness (QED) is 0.236. The molecule has 0 amide bonds. The minimum absolute atomic E-state index is 0.196. The predicted octanol–water partition coefficient (Wildman–Crippen LogP) is 6.15. The molecule has 1 aromatic heterocycles. The molecule has 1 aliphatic rings. The van der Waals surface area contributed by atoms with Gasteiger partial charge in [-0.25, -0.2) is 9.78 Å². The van der Waals surface area contributed by atoms with Gasteiger partial charge in [0.2, 0.25) is 0 Å². The van der Waals surface area contributed by atoms with Crippen LogP contribution in [0.15, 0.2) is 47.5 Å². The largest absolute Gasteiger partial charge is 0.497 e. The monoisotopic (exact) mass is 516 g/mol. The van der Waals surface area contributed by atoms with Crippen LogP contribution in [0.1, 0.15) is 49.1 Å². The number of carbonyl (C=O) groups excluding carboxylic acids is 1. The number of halogens is 1. The van der Waals surface area contributed by atoms with Crippen LogP contribution in [0.3, 0.4) is 0 Å². The molecule has 0 bridgehead atoms. The second-order valence-electron chi connectivity index (χ2n) is 8.16. The van der Waals surface area contributed by atoms with Gasteiger partial charge in [0.15, 0.2) is 17.2 Å².